The highest BCUT2D eigenvalue weighted by Crippen LogP contribution is 2.14. The van der Waals surface area contributed by atoms with E-state index < -0.39 is 0 Å². The molecule has 0 bridgehead atoms. The molecule has 0 radical (unpaired) electrons. The molecule has 1 aliphatic rings. The Morgan fingerprint density at radius 2 is 2.14 bits per heavy atom. The minimum absolute atomic E-state index is 0.0542. The van der Waals surface area contributed by atoms with E-state index in [4.69, 9.17) is 4.74 Å². The van der Waals surface area contributed by atoms with Crippen LogP contribution in [0.4, 0.5) is 0 Å². The van der Waals surface area contributed by atoms with Gasteiger partial charge in [0.1, 0.15) is 6.10 Å². The molecule has 0 unspecified atom stereocenters. The quantitative estimate of drug-likeness (QED) is 0.663. The number of halogens is 1. The van der Waals surface area contributed by atoms with Crippen molar-refractivity contribution in [2.24, 2.45) is 0 Å². The largest absolute Gasteiger partial charge is 0.456 e. The molecule has 3 nitrogen and oxygen atoms in total. The fourth-order valence-electron chi connectivity index (χ4n) is 1.19. The summed E-state index contributed by atoms with van der Waals surface area (Å²) >= 11 is 2.14. The Kier molecular flexibility index (Phi) is 3.02. The molecule has 0 atom stereocenters. The number of carbonyl (C=O) groups excluding carboxylic acids is 1. The SMILES string of the molecule is O=C(OC1CNC1)c1ccccc1I. The van der Waals surface area contributed by atoms with Crippen LogP contribution >= 0.6 is 22.6 Å². The van der Waals surface area contributed by atoms with Crippen molar-refractivity contribution in [1.29, 1.82) is 0 Å². The molecule has 1 saturated heterocycles. The molecule has 74 valence electrons. The lowest BCUT2D eigenvalue weighted by atomic mass is 10.2. The minimum Gasteiger partial charge on any atom is -0.456 e. The van der Waals surface area contributed by atoms with Crippen LogP contribution in [0, 0.1) is 3.57 Å². The number of nitrogens with one attached hydrogen (secondary N) is 1. The van der Waals surface area contributed by atoms with E-state index in [1.807, 2.05) is 18.2 Å². The van der Waals surface area contributed by atoms with Gasteiger partial charge in [0.2, 0.25) is 0 Å². The second kappa shape index (κ2) is 4.27. The van der Waals surface area contributed by atoms with Crippen LogP contribution in [-0.4, -0.2) is 25.2 Å². The van der Waals surface area contributed by atoms with Crippen molar-refractivity contribution < 1.29 is 9.53 Å². The minimum atomic E-state index is -0.221. The predicted octanol–water partition coefficient (Wildman–Crippen LogP) is 1.42. The molecule has 4 heteroatoms. The van der Waals surface area contributed by atoms with Crippen molar-refractivity contribution in [3.63, 3.8) is 0 Å². The van der Waals surface area contributed by atoms with Gasteiger partial charge < -0.3 is 10.1 Å². The average Bonchev–Trinajstić information content (AvgIpc) is 2.12. The summed E-state index contributed by atoms with van der Waals surface area (Å²) < 4.78 is 6.18. The van der Waals surface area contributed by atoms with Crippen molar-refractivity contribution in [3.8, 4) is 0 Å². The first-order valence-corrected chi connectivity index (χ1v) is 5.51. The first kappa shape index (κ1) is 9.92. The van der Waals surface area contributed by atoms with Crippen LogP contribution in [0.2, 0.25) is 0 Å². The Morgan fingerprint density at radius 3 is 2.71 bits per heavy atom. The molecule has 14 heavy (non-hydrogen) atoms. The van der Waals surface area contributed by atoms with Crippen LogP contribution in [0.25, 0.3) is 0 Å². The van der Waals surface area contributed by atoms with Gasteiger partial charge in [-0.25, -0.2) is 4.79 Å². The summed E-state index contributed by atoms with van der Waals surface area (Å²) in [6.07, 6.45) is 0.0542. The topological polar surface area (TPSA) is 38.3 Å². The van der Waals surface area contributed by atoms with Gasteiger partial charge in [0.05, 0.1) is 5.56 Å². The molecular formula is C10H10INO2. The summed E-state index contributed by atoms with van der Waals surface area (Å²) in [4.78, 5) is 11.6. The standard InChI is InChI=1S/C10H10INO2/c11-9-4-2-1-3-8(9)10(13)14-7-5-12-6-7/h1-4,7,12H,5-6H2. The maximum absolute atomic E-state index is 11.6. The highest BCUT2D eigenvalue weighted by molar-refractivity contribution is 14.1. The monoisotopic (exact) mass is 303 g/mol. The van der Waals surface area contributed by atoms with Gasteiger partial charge in [0, 0.05) is 16.7 Å². The van der Waals surface area contributed by atoms with E-state index in [1.165, 1.54) is 0 Å². The number of carbonyl (C=O) groups is 1. The Labute approximate surface area is 96.0 Å². The van der Waals surface area contributed by atoms with Crippen molar-refractivity contribution in [3.05, 3.63) is 33.4 Å². The predicted molar refractivity (Wildman–Crippen MR) is 61.2 cm³/mol. The average molecular weight is 303 g/mol. The van der Waals surface area contributed by atoms with Crippen LogP contribution < -0.4 is 5.32 Å². The van der Waals surface area contributed by atoms with Gasteiger partial charge in [-0.2, -0.15) is 0 Å². The smallest absolute Gasteiger partial charge is 0.339 e. The van der Waals surface area contributed by atoms with E-state index in [9.17, 15) is 4.79 Å². The second-order valence-corrected chi connectivity index (χ2v) is 4.33. The van der Waals surface area contributed by atoms with Crippen LogP contribution in [-0.2, 0) is 4.74 Å². The summed E-state index contributed by atoms with van der Waals surface area (Å²) in [7, 11) is 0. The van der Waals surface area contributed by atoms with Gasteiger partial charge in [0.15, 0.2) is 0 Å². The number of esters is 1. The molecule has 2 rings (SSSR count). The zero-order valence-electron chi connectivity index (χ0n) is 7.50. The Balaban J connectivity index is 2.06. The third-order valence-corrected chi connectivity index (χ3v) is 3.05. The molecule has 0 aliphatic carbocycles. The fraction of sp³-hybridized carbons (Fsp3) is 0.300. The van der Waals surface area contributed by atoms with E-state index in [2.05, 4.69) is 27.9 Å². The van der Waals surface area contributed by atoms with Gasteiger partial charge in [0.25, 0.3) is 0 Å². The van der Waals surface area contributed by atoms with E-state index in [1.54, 1.807) is 6.07 Å². The molecule has 0 amide bonds. The molecule has 1 aromatic rings. The van der Waals surface area contributed by atoms with E-state index in [0.717, 1.165) is 16.7 Å². The maximum Gasteiger partial charge on any atom is 0.339 e. The van der Waals surface area contributed by atoms with E-state index in [-0.39, 0.29) is 12.1 Å². The van der Waals surface area contributed by atoms with Crippen LogP contribution in [0.1, 0.15) is 10.4 Å². The van der Waals surface area contributed by atoms with Gasteiger partial charge in [-0.1, -0.05) is 12.1 Å². The van der Waals surface area contributed by atoms with Crippen molar-refractivity contribution in [1.82, 2.24) is 5.32 Å². The number of hydrogen-bond donors (Lipinski definition) is 1. The van der Waals surface area contributed by atoms with E-state index in [0.29, 0.717) is 5.56 Å². The number of ether oxygens (including phenoxy) is 1. The highest BCUT2D eigenvalue weighted by atomic mass is 127. The zero-order valence-corrected chi connectivity index (χ0v) is 9.65. The lowest BCUT2D eigenvalue weighted by Gasteiger charge is -2.26. The summed E-state index contributed by atoms with van der Waals surface area (Å²) in [6.45, 7) is 1.55. The van der Waals surface area contributed by atoms with Gasteiger partial charge in [-0.15, -0.1) is 0 Å². The Bertz CT molecular complexity index is 350. The summed E-state index contributed by atoms with van der Waals surface area (Å²) in [5, 5.41) is 3.05. The maximum atomic E-state index is 11.6. The fourth-order valence-corrected chi connectivity index (χ4v) is 1.79. The molecule has 1 aliphatic heterocycles. The molecule has 1 fully saturated rings. The van der Waals surface area contributed by atoms with Crippen LogP contribution in [0.3, 0.4) is 0 Å². The molecule has 0 spiro atoms. The molecule has 1 aromatic carbocycles. The third-order valence-electron chi connectivity index (χ3n) is 2.11. The van der Waals surface area contributed by atoms with Crippen molar-refractivity contribution >= 4 is 28.6 Å². The Morgan fingerprint density at radius 1 is 1.43 bits per heavy atom. The second-order valence-electron chi connectivity index (χ2n) is 3.17. The van der Waals surface area contributed by atoms with Crippen LogP contribution in [0.5, 0.6) is 0 Å². The highest BCUT2D eigenvalue weighted by Gasteiger charge is 2.22. The summed E-state index contributed by atoms with van der Waals surface area (Å²) in [5.74, 6) is -0.221. The van der Waals surface area contributed by atoms with Gasteiger partial charge in [-0.3, -0.25) is 0 Å². The van der Waals surface area contributed by atoms with Crippen LogP contribution in [0.15, 0.2) is 24.3 Å². The molecule has 0 saturated carbocycles. The van der Waals surface area contributed by atoms with Gasteiger partial charge in [-0.05, 0) is 34.7 Å². The molecule has 1 N–H and O–H groups in total. The van der Waals surface area contributed by atoms with Gasteiger partial charge >= 0.3 is 5.97 Å². The zero-order chi connectivity index (χ0) is 9.97. The lowest BCUT2D eigenvalue weighted by Crippen LogP contribution is -2.49. The van der Waals surface area contributed by atoms with Crippen molar-refractivity contribution in [2.45, 2.75) is 6.10 Å². The number of hydrogen-bond acceptors (Lipinski definition) is 3. The Hall–Kier alpha value is -0.620. The molecule has 1 heterocycles. The number of rotatable bonds is 2. The summed E-state index contributed by atoms with van der Waals surface area (Å²) in [6, 6.07) is 7.44. The lowest BCUT2D eigenvalue weighted by molar-refractivity contribution is 0.0168. The van der Waals surface area contributed by atoms with Crippen molar-refractivity contribution in [2.75, 3.05) is 13.1 Å². The normalized spacial score (nSPS) is 16.1. The number of benzene rings is 1. The van der Waals surface area contributed by atoms with E-state index >= 15 is 0 Å². The molecule has 0 aromatic heterocycles. The first-order valence-electron chi connectivity index (χ1n) is 4.43. The summed E-state index contributed by atoms with van der Waals surface area (Å²) in [5.41, 5.74) is 0.653. The third kappa shape index (κ3) is 2.06. The first-order chi connectivity index (χ1) is 6.77. The molecular weight excluding hydrogens is 293 g/mol.